The minimum atomic E-state index is -0.739. The first kappa shape index (κ1) is 25.2. The van der Waals surface area contributed by atoms with Gasteiger partial charge in [0.25, 0.3) is 0 Å². The molecule has 0 radical (unpaired) electrons. The Morgan fingerprint density at radius 2 is 1.97 bits per heavy atom. The molecule has 4 rings (SSSR count). The summed E-state index contributed by atoms with van der Waals surface area (Å²) in [6, 6.07) is 7.95. The Morgan fingerprint density at radius 1 is 1.23 bits per heavy atom. The maximum atomic E-state index is 12.3. The molecule has 0 atom stereocenters. The molecular formula is C27H38N4O4. The van der Waals surface area contributed by atoms with Crippen molar-refractivity contribution in [2.75, 3.05) is 31.6 Å². The number of unbranched alkanes of at least 4 members (excludes halogenated alkanes) is 1. The second kappa shape index (κ2) is 10.8. The number of likely N-dealkylation sites (tertiary alicyclic amines) is 1. The van der Waals surface area contributed by atoms with Crippen molar-refractivity contribution in [2.45, 2.75) is 77.0 Å². The SMILES string of the molecule is CC(C)OC(=O)N1CC(C=O)(c2ccccc2N(C)Cc2nc3c(n2CCCCO)CCCC3)C1. The van der Waals surface area contributed by atoms with Gasteiger partial charge in [-0.3, -0.25) is 0 Å². The molecule has 8 nitrogen and oxygen atoms in total. The van der Waals surface area contributed by atoms with Crippen molar-refractivity contribution < 1.29 is 19.4 Å². The average Bonchev–Trinajstić information content (AvgIpc) is 3.16. The number of aryl methyl sites for hydroxylation is 1. The zero-order chi connectivity index (χ0) is 25.0. The van der Waals surface area contributed by atoms with Crippen LogP contribution in [0, 0.1) is 0 Å². The van der Waals surface area contributed by atoms with Crippen LogP contribution in [0.15, 0.2) is 24.3 Å². The van der Waals surface area contributed by atoms with Gasteiger partial charge in [0.05, 0.1) is 23.8 Å². The molecule has 1 N–H and O–H groups in total. The van der Waals surface area contributed by atoms with E-state index in [1.54, 1.807) is 4.90 Å². The maximum Gasteiger partial charge on any atom is 0.410 e. The summed E-state index contributed by atoms with van der Waals surface area (Å²) in [6.07, 6.45) is 6.55. The number of hydrogen-bond donors (Lipinski definition) is 1. The number of para-hydroxylation sites is 1. The summed E-state index contributed by atoms with van der Waals surface area (Å²) in [5, 5.41) is 9.26. The van der Waals surface area contributed by atoms with E-state index in [4.69, 9.17) is 9.72 Å². The number of imidazole rings is 1. The van der Waals surface area contributed by atoms with Crippen LogP contribution in [0.25, 0.3) is 0 Å². The first-order valence-corrected chi connectivity index (χ1v) is 12.8. The molecule has 1 saturated heterocycles. The summed E-state index contributed by atoms with van der Waals surface area (Å²) < 4.78 is 7.66. The predicted octanol–water partition coefficient (Wildman–Crippen LogP) is 3.47. The number of aliphatic hydroxyl groups is 1. The number of anilines is 1. The molecule has 0 unspecified atom stereocenters. The summed E-state index contributed by atoms with van der Waals surface area (Å²) in [5.41, 5.74) is 3.71. The van der Waals surface area contributed by atoms with Crippen molar-refractivity contribution in [1.82, 2.24) is 14.5 Å². The third-order valence-electron chi connectivity index (χ3n) is 7.10. The van der Waals surface area contributed by atoms with Crippen LogP contribution >= 0.6 is 0 Å². The summed E-state index contributed by atoms with van der Waals surface area (Å²) in [4.78, 5) is 33.4. The largest absolute Gasteiger partial charge is 0.447 e. The predicted molar refractivity (Wildman–Crippen MR) is 135 cm³/mol. The van der Waals surface area contributed by atoms with E-state index in [0.29, 0.717) is 19.6 Å². The van der Waals surface area contributed by atoms with E-state index >= 15 is 0 Å². The number of ether oxygens (including phenoxy) is 1. The normalized spacial score (nSPS) is 16.5. The Kier molecular flexibility index (Phi) is 7.79. The lowest BCUT2D eigenvalue weighted by molar-refractivity contribution is -0.117. The van der Waals surface area contributed by atoms with Crippen LogP contribution in [0.2, 0.25) is 0 Å². The molecule has 35 heavy (non-hydrogen) atoms. The number of carbonyl (C=O) groups is 2. The van der Waals surface area contributed by atoms with Crippen LogP contribution in [-0.4, -0.2) is 64.8 Å². The fourth-order valence-corrected chi connectivity index (χ4v) is 5.30. The lowest BCUT2D eigenvalue weighted by Gasteiger charge is -2.47. The minimum absolute atomic E-state index is 0.195. The highest BCUT2D eigenvalue weighted by atomic mass is 16.6. The van der Waals surface area contributed by atoms with Gasteiger partial charge in [-0.05, 0) is 64.0 Å². The number of aromatic nitrogens is 2. The number of hydrogen-bond acceptors (Lipinski definition) is 6. The number of amides is 1. The molecule has 0 bridgehead atoms. The van der Waals surface area contributed by atoms with Crippen LogP contribution in [0.3, 0.4) is 0 Å². The Hall–Kier alpha value is -2.87. The van der Waals surface area contributed by atoms with Crippen LogP contribution in [0.1, 0.15) is 62.3 Å². The number of rotatable bonds is 10. The molecule has 1 aliphatic heterocycles. The molecule has 0 saturated carbocycles. The van der Waals surface area contributed by atoms with Gasteiger partial charge in [0.2, 0.25) is 0 Å². The molecule has 1 aromatic heterocycles. The highest BCUT2D eigenvalue weighted by Gasteiger charge is 2.48. The van der Waals surface area contributed by atoms with E-state index in [9.17, 15) is 14.7 Å². The van der Waals surface area contributed by atoms with Crippen molar-refractivity contribution >= 4 is 18.1 Å². The molecule has 2 aromatic rings. The lowest BCUT2D eigenvalue weighted by Crippen LogP contribution is -2.62. The Balaban J connectivity index is 1.56. The van der Waals surface area contributed by atoms with Gasteiger partial charge in [-0.2, -0.15) is 0 Å². The van der Waals surface area contributed by atoms with Gasteiger partial charge < -0.3 is 29.0 Å². The fraction of sp³-hybridized carbons (Fsp3) is 0.593. The molecule has 190 valence electrons. The highest BCUT2D eigenvalue weighted by molar-refractivity contribution is 5.81. The van der Waals surface area contributed by atoms with E-state index in [1.807, 2.05) is 45.2 Å². The zero-order valence-electron chi connectivity index (χ0n) is 21.2. The number of nitrogens with zero attached hydrogens (tertiary/aromatic N) is 4. The van der Waals surface area contributed by atoms with E-state index in [2.05, 4.69) is 9.47 Å². The molecule has 2 heterocycles. The van der Waals surface area contributed by atoms with Gasteiger partial charge in [-0.1, -0.05) is 18.2 Å². The third kappa shape index (κ3) is 5.22. The first-order valence-electron chi connectivity index (χ1n) is 12.8. The first-order chi connectivity index (χ1) is 16.9. The number of aliphatic hydroxyl groups excluding tert-OH is 1. The second-order valence-electron chi connectivity index (χ2n) is 10.1. The van der Waals surface area contributed by atoms with Crippen molar-refractivity contribution in [1.29, 1.82) is 0 Å². The van der Waals surface area contributed by atoms with Crippen molar-refractivity contribution in [2.24, 2.45) is 0 Å². The molecule has 8 heteroatoms. The molecule has 1 aliphatic carbocycles. The average molecular weight is 483 g/mol. The van der Waals surface area contributed by atoms with Gasteiger partial charge in [-0.15, -0.1) is 0 Å². The summed E-state index contributed by atoms with van der Waals surface area (Å²) >= 11 is 0. The monoisotopic (exact) mass is 482 g/mol. The molecular weight excluding hydrogens is 444 g/mol. The van der Waals surface area contributed by atoms with Gasteiger partial charge in [0.15, 0.2) is 0 Å². The fourth-order valence-electron chi connectivity index (χ4n) is 5.30. The molecule has 1 amide bonds. The quantitative estimate of drug-likeness (QED) is 0.412. The highest BCUT2D eigenvalue weighted by Crippen LogP contribution is 2.39. The van der Waals surface area contributed by atoms with Crippen LogP contribution in [0.4, 0.5) is 10.5 Å². The molecule has 2 aliphatic rings. The van der Waals surface area contributed by atoms with Crippen molar-refractivity contribution in [3.63, 3.8) is 0 Å². The van der Waals surface area contributed by atoms with Crippen molar-refractivity contribution in [3.8, 4) is 0 Å². The summed E-state index contributed by atoms with van der Waals surface area (Å²) in [7, 11) is 2.03. The number of aldehydes is 1. The van der Waals surface area contributed by atoms with E-state index in [-0.39, 0.29) is 18.8 Å². The van der Waals surface area contributed by atoms with E-state index in [1.165, 1.54) is 24.2 Å². The molecule has 1 fully saturated rings. The minimum Gasteiger partial charge on any atom is -0.447 e. The van der Waals surface area contributed by atoms with Crippen LogP contribution in [-0.2, 0) is 40.9 Å². The number of carbonyl (C=O) groups excluding carboxylic acids is 2. The summed E-state index contributed by atoms with van der Waals surface area (Å²) in [6.45, 7) is 5.96. The topological polar surface area (TPSA) is 87.9 Å². The van der Waals surface area contributed by atoms with Gasteiger partial charge in [-0.25, -0.2) is 9.78 Å². The number of benzene rings is 1. The molecule has 0 spiro atoms. The number of fused-ring (bicyclic) bond motifs is 1. The van der Waals surface area contributed by atoms with E-state index in [0.717, 1.165) is 55.6 Å². The maximum absolute atomic E-state index is 12.3. The van der Waals surface area contributed by atoms with Gasteiger partial charge >= 0.3 is 6.09 Å². The Labute approximate surface area is 207 Å². The van der Waals surface area contributed by atoms with Gasteiger partial charge in [0, 0.05) is 44.7 Å². The Morgan fingerprint density at radius 3 is 2.69 bits per heavy atom. The summed E-state index contributed by atoms with van der Waals surface area (Å²) in [5.74, 6) is 1.03. The lowest BCUT2D eigenvalue weighted by atomic mass is 9.74. The van der Waals surface area contributed by atoms with Gasteiger partial charge in [0.1, 0.15) is 12.1 Å². The zero-order valence-corrected chi connectivity index (χ0v) is 21.2. The van der Waals surface area contributed by atoms with Crippen LogP contribution < -0.4 is 4.90 Å². The van der Waals surface area contributed by atoms with Crippen molar-refractivity contribution in [3.05, 3.63) is 47.0 Å². The smallest absolute Gasteiger partial charge is 0.410 e. The third-order valence-corrected chi connectivity index (χ3v) is 7.10. The molecule has 1 aromatic carbocycles. The Bertz CT molecular complexity index is 1040. The second-order valence-corrected chi connectivity index (χ2v) is 10.1. The van der Waals surface area contributed by atoms with Crippen LogP contribution in [0.5, 0.6) is 0 Å². The van der Waals surface area contributed by atoms with E-state index < -0.39 is 5.41 Å². The standard InChI is InChI=1S/C27H38N4O4/c1-20(2)35-26(34)30-17-27(18-30,19-33)21-10-4-6-12-23(21)29(3)16-25-28-22-11-5-7-13-24(22)31(25)14-8-9-15-32/h4,6,10,12,19-20,32H,5,7-9,11,13-18H2,1-3H3.